The Labute approximate surface area is 203 Å². The van der Waals surface area contributed by atoms with E-state index in [9.17, 15) is 0 Å². The summed E-state index contributed by atoms with van der Waals surface area (Å²) in [6.45, 7) is 10.2. The lowest BCUT2D eigenvalue weighted by molar-refractivity contribution is 0.298. The first-order valence-electron chi connectivity index (χ1n) is 12.1. The number of nitrogens with zero attached hydrogens (tertiary/aromatic N) is 4. The molecule has 7 heteroatoms. The monoisotopic (exact) mass is 463 g/mol. The smallest absolute Gasteiger partial charge is 0.225 e. The van der Waals surface area contributed by atoms with Gasteiger partial charge in [0.15, 0.2) is 5.76 Å². The number of methoxy groups -OCH3 is 1. The van der Waals surface area contributed by atoms with Crippen LogP contribution >= 0.6 is 0 Å². The van der Waals surface area contributed by atoms with Crippen molar-refractivity contribution < 1.29 is 10.9 Å². The maximum atomic E-state index is 5.52. The molecular formula is C27H37N5O2. The molecule has 7 nitrogen and oxygen atoms in total. The Kier molecular flexibility index (Phi) is 7.88. The van der Waals surface area contributed by atoms with E-state index in [0.717, 1.165) is 62.7 Å². The average Bonchev–Trinajstić information content (AvgIpc) is 3.20. The predicted octanol–water partition coefficient (Wildman–Crippen LogP) is 4.43. The number of rotatable bonds is 10. The van der Waals surface area contributed by atoms with Crippen LogP contribution in [0.25, 0.3) is 16.7 Å². The van der Waals surface area contributed by atoms with Gasteiger partial charge in [-0.05, 0) is 69.0 Å². The summed E-state index contributed by atoms with van der Waals surface area (Å²) in [5, 5.41) is 4.96. The first-order valence-corrected chi connectivity index (χ1v) is 12.1. The Hall–Kier alpha value is -3.28. The average molecular weight is 464 g/mol. The van der Waals surface area contributed by atoms with Gasteiger partial charge in [-0.1, -0.05) is 12.3 Å². The Balaban J connectivity index is 0.00000342. The van der Waals surface area contributed by atoms with Crippen LogP contribution in [0.15, 0.2) is 49.1 Å². The molecular weight excluding hydrogens is 426 g/mol. The molecule has 1 N–H and O–H groups in total. The Morgan fingerprint density at radius 1 is 1.26 bits per heavy atom. The molecule has 4 rings (SSSR count). The van der Waals surface area contributed by atoms with E-state index in [1.807, 2.05) is 13.0 Å². The van der Waals surface area contributed by atoms with Crippen molar-refractivity contribution in [1.82, 2.24) is 19.9 Å². The molecule has 3 heterocycles. The quantitative estimate of drug-likeness (QED) is 0.273. The Morgan fingerprint density at radius 2 is 2.03 bits per heavy atom. The lowest BCUT2D eigenvalue weighted by Gasteiger charge is -2.32. The SMILES string of the molecule is C=C=C(OCC)c1cnc(N2CCC(CNCCc3cn(C)c4ccc(OC)cc34)CC2)nc1.[HH]. The van der Waals surface area contributed by atoms with E-state index < -0.39 is 0 Å². The standard InChI is InChI=1S/C27H35N5O2.H2/c1-5-26(34-6-2)22-17-29-27(30-18-22)32-13-10-20(11-14-32)16-28-12-9-21-19-31(3)25-8-7-23(33-4)15-24(21)25;/h7-8,15,17-20,28H,1,6,9-14,16H2,2-4H3;1H. The second-order valence-electron chi connectivity index (χ2n) is 8.74. The highest BCUT2D eigenvalue weighted by Gasteiger charge is 2.21. The van der Waals surface area contributed by atoms with Crippen LogP contribution in [0, 0.1) is 5.92 Å². The third-order valence-corrected chi connectivity index (χ3v) is 6.53. The van der Waals surface area contributed by atoms with Gasteiger partial charge in [0.25, 0.3) is 0 Å². The molecule has 34 heavy (non-hydrogen) atoms. The number of hydrogen-bond donors (Lipinski definition) is 1. The lowest BCUT2D eigenvalue weighted by atomic mass is 9.97. The fourth-order valence-corrected chi connectivity index (χ4v) is 4.63. The molecule has 0 spiro atoms. The van der Waals surface area contributed by atoms with Crippen LogP contribution in [0.4, 0.5) is 5.95 Å². The maximum absolute atomic E-state index is 5.52. The Morgan fingerprint density at radius 3 is 2.71 bits per heavy atom. The van der Waals surface area contributed by atoms with E-state index in [1.54, 1.807) is 19.5 Å². The normalized spacial score (nSPS) is 14.3. The van der Waals surface area contributed by atoms with Crippen LogP contribution in [-0.4, -0.2) is 54.4 Å². The summed E-state index contributed by atoms with van der Waals surface area (Å²) in [6.07, 6.45) is 9.11. The Bertz CT molecular complexity index is 1150. The zero-order chi connectivity index (χ0) is 23.9. The second-order valence-corrected chi connectivity index (χ2v) is 8.74. The number of anilines is 1. The first-order chi connectivity index (χ1) is 16.6. The summed E-state index contributed by atoms with van der Waals surface area (Å²) in [5.41, 5.74) is 6.22. The second kappa shape index (κ2) is 11.2. The molecule has 0 saturated carbocycles. The van der Waals surface area contributed by atoms with Crippen LogP contribution in [0.5, 0.6) is 5.75 Å². The summed E-state index contributed by atoms with van der Waals surface area (Å²) in [7, 11) is 3.82. The van der Waals surface area contributed by atoms with E-state index >= 15 is 0 Å². The van der Waals surface area contributed by atoms with Crippen molar-refractivity contribution in [2.75, 3.05) is 44.8 Å². The van der Waals surface area contributed by atoms with Gasteiger partial charge < -0.3 is 24.3 Å². The van der Waals surface area contributed by atoms with E-state index in [4.69, 9.17) is 9.47 Å². The number of nitrogens with one attached hydrogen (secondary N) is 1. The zero-order valence-electron chi connectivity index (χ0n) is 20.5. The topological polar surface area (TPSA) is 64.4 Å². The lowest BCUT2D eigenvalue weighted by Crippen LogP contribution is -2.38. The number of aromatic nitrogens is 3. The number of hydrogen-bond acceptors (Lipinski definition) is 6. The summed E-state index contributed by atoms with van der Waals surface area (Å²) >= 11 is 0. The zero-order valence-corrected chi connectivity index (χ0v) is 20.5. The van der Waals surface area contributed by atoms with Crippen LogP contribution in [0.3, 0.4) is 0 Å². The number of piperidine rings is 1. The van der Waals surface area contributed by atoms with Gasteiger partial charge in [-0.25, -0.2) is 9.97 Å². The van der Waals surface area contributed by atoms with Gasteiger partial charge in [-0.2, -0.15) is 0 Å². The van der Waals surface area contributed by atoms with Crippen molar-refractivity contribution in [1.29, 1.82) is 0 Å². The molecule has 0 amide bonds. The molecule has 1 aromatic carbocycles. The van der Waals surface area contributed by atoms with Gasteiger partial charge in [0.05, 0.1) is 19.3 Å². The molecule has 182 valence electrons. The minimum absolute atomic E-state index is 0. The predicted molar refractivity (Wildman–Crippen MR) is 139 cm³/mol. The van der Waals surface area contributed by atoms with Gasteiger partial charge in [0, 0.05) is 51.1 Å². The van der Waals surface area contributed by atoms with Gasteiger partial charge in [0.2, 0.25) is 5.95 Å². The number of ether oxygens (including phenoxy) is 2. The van der Waals surface area contributed by atoms with Crippen molar-refractivity contribution in [3.05, 3.63) is 60.2 Å². The number of benzene rings is 1. The van der Waals surface area contributed by atoms with Crippen molar-refractivity contribution in [3.8, 4) is 5.75 Å². The van der Waals surface area contributed by atoms with Crippen LogP contribution in [0.1, 0.15) is 32.3 Å². The van der Waals surface area contributed by atoms with Gasteiger partial charge in [-0.3, -0.25) is 0 Å². The number of aryl methyl sites for hydroxylation is 1. The molecule has 1 fully saturated rings. The van der Waals surface area contributed by atoms with Gasteiger partial charge in [-0.15, -0.1) is 0 Å². The third kappa shape index (κ3) is 5.44. The largest absolute Gasteiger partial charge is 0.497 e. The van der Waals surface area contributed by atoms with Crippen LogP contribution in [-0.2, 0) is 18.2 Å². The molecule has 0 bridgehead atoms. The fraction of sp³-hybridized carbons (Fsp3) is 0.444. The van der Waals surface area contributed by atoms with E-state index in [1.165, 1.54) is 16.5 Å². The van der Waals surface area contributed by atoms with Crippen molar-refractivity contribution in [2.24, 2.45) is 13.0 Å². The highest BCUT2D eigenvalue weighted by molar-refractivity contribution is 5.85. The van der Waals surface area contributed by atoms with Gasteiger partial charge in [0.1, 0.15) is 5.75 Å². The molecule has 0 unspecified atom stereocenters. The highest BCUT2D eigenvalue weighted by atomic mass is 16.5. The molecule has 1 saturated heterocycles. The minimum Gasteiger partial charge on any atom is -0.497 e. The molecule has 0 aliphatic carbocycles. The van der Waals surface area contributed by atoms with Crippen molar-refractivity contribution >= 4 is 22.6 Å². The van der Waals surface area contributed by atoms with Crippen LogP contribution < -0.4 is 15.0 Å². The number of fused-ring (bicyclic) bond motifs is 1. The van der Waals surface area contributed by atoms with E-state index in [-0.39, 0.29) is 1.43 Å². The third-order valence-electron chi connectivity index (χ3n) is 6.53. The fourth-order valence-electron chi connectivity index (χ4n) is 4.63. The highest BCUT2D eigenvalue weighted by Crippen LogP contribution is 2.26. The molecule has 1 aliphatic heterocycles. The summed E-state index contributed by atoms with van der Waals surface area (Å²) in [6, 6.07) is 6.29. The van der Waals surface area contributed by atoms with Crippen molar-refractivity contribution in [3.63, 3.8) is 0 Å². The maximum Gasteiger partial charge on any atom is 0.225 e. The molecule has 0 atom stereocenters. The molecule has 3 aromatic rings. The molecule has 2 aromatic heterocycles. The van der Waals surface area contributed by atoms with Crippen LogP contribution in [0.2, 0.25) is 0 Å². The van der Waals surface area contributed by atoms with Gasteiger partial charge >= 0.3 is 0 Å². The summed E-state index contributed by atoms with van der Waals surface area (Å²) in [4.78, 5) is 11.4. The molecule has 0 radical (unpaired) electrons. The minimum atomic E-state index is 0. The summed E-state index contributed by atoms with van der Waals surface area (Å²) < 4.78 is 13.1. The first kappa shape index (κ1) is 23.9. The summed E-state index contributed by atoms with van der Waals surface area (Å²) in [5.74, 6) is 2.96. The van der Waals surface area contributed by atoms with Crippen molar-refractivity contribution in [2.45, 2.75) is 26.2 Å². The molecule has 1 aliphatic rings. The van der Waals surface area contributed by atoms with E-state index in [2.05, 4.69) is 62.4 Å². The van der Waals surface area contributed by atoms with E-state index in [0.29, 0.717) is 18.3 Å².